The van der Waals surface area contributed by atoms with Crippen molar-refractivity contribution < 1.29 is 14.3 Å². The van der Waals surface area contributed by atoms with E-state index in [2.05, 4.69) is 28.1 Å². The van der Waals surface area contributed by atoms with Crippen LogP contribution in [0.4, 0.5) is 0 Å². The zero-order valence-electron chi connectivity index (χ0n) is 14.6. The van der Waals surface area contributed by atoms with Gasteiger partial charge in [0.2, 0.25) is 12.7 Å². The molecule has 0 spiro atoms. The van der Waals surface area contributed by atoms with Crippen LogP contribution in [-0.4, -0.2) is 61.9 Å². The molecule has 0 aliphatic carbocycles. The Bertz CT molecular complexity index is 575. The van der Waals surface area contributed by atoms with Crippen molar-refractivity contribution in [2.45, 2.75) is 32.2 Å². The third kappa shape index (κ3) is 4.39. The van der Waals surface area contributed by atoms with Crippen molar-refractivity contribution in [1.29, 1.82) is 0 Å². The lowest BCUT2D eigenvalue weighted by Crippen LogP contribution is -2.43. The fourth-order valence-electron chi connectivity index (χ4n) is 2.89. The molecule has 0 radical (unpaired) electrons. The summed E-state index contributed by atoms with van der Waals surface area (Å²) in [6, 6.07) is 6.39. The number of carbonyl (C=O) groups is 1. The van der Waals surface area contributed by atoms with E-state index in [1.165, 1.54) is 12.0 Å². The Kier molecular flexibility index (Phi) is 5.58. The third-order valence-corrected chi connectivity index (χ3v) is 4.85. The van der Waals surface area contributed by atoms with Crippen LogP contribution in [0.2, 0.25) is 0 Å². The molecule has 1 N–H and O–H groups in total. The predicted octanol–water partition coefficient (Wildman–Crippen LogP) is 1.45. The molecule has 0 saturated carbocycles. The van der Waals surface area contributed by atoms with Crippen LogP contribution in [0.5, 0.6) is 11.5 Å². The standard InChI is InChI=1S/C18H27N3O3/c1-14(10-15-4-5-16-17(11-15)24-13-23-16)20(2)12-19-18(22)6-9-21-7-3-8-21/h4-5,11,14H,3,6-10,12-13H2,1-2H3,(H,19,22). The van der Waals surface area contributed by atoms with Crippen LogP contribution in [0.3, 0.4) is 0 Å². The number of rotatable bonds is 8. The Morgan fingerprint density at radius 3 is 2.88 bits per heavy atom. The first-order valence-corrected chi connectivity index (χ1v) is 8.69. The number of nitrogens with zero attached hydrogens (tertiary/aromatic N) is 2. The zero-order valence-corrected chi connectivity index (χ0v) is 14.6. The Morgan fingerprint density at radius 1 is 1.33 bits per heavy atom. The second-order valence-corrected chi connectivity index (χ2v) is 6.70. The molecule has 1 saturated heterocycles. The number of hydrogen-bond donors (Lipinski definition) is 1. The van der Waals surface area contributed by atoms with Gasteiger partial charge in [-0.1, -0.05) is 6.07 Å². The molecule has 2 heterocycles. The first kappa shape index (κ1) is 17.0. The maximum atomic E-state index is 11.9. The molecule has 2 aliphatic heterocycles. The number of likely N-dealkylation sites (N-methyl/N-ethyl adjacent to an activating group) is 1. The van der Waals surface area contributed by atoms with Crippen molar-refractivity contribution in [2.24, 2.45) is 0 Å². The van der Waals surface area contributed by atoms with Crippen LogP contribution < -0.4 is 14.8 Å². The molecule has 132 valence electrons. The highest BCUT2D eigenvalue weighted by atomic mass is 16.7. The van der Waals surface area contributed by atoms with E-state index in [-0.39, 0.29) is 5.91 Å². The summed E-state index contributed by atoms with van der Waals surface area (Å²) in [6.07, 6.45) is 2.75. The normalized spacial score (nSPS) is 17.6. The molecule has 1 unspecified atom stereocenters. The van der Waals surface area contributed by atoms with E-state index in [0.29, 0.717) is 25.9 Å². The molecular formula is C18H27N3O3. The van der Waals surface area contributed by atoms with Gasteiger partial charge in [-0.25, -0.2) is 0 Å². The summed E-state index contributed by atoms with van der Waals surface area (Å²) in [4.78, 5) is 16.4. The van der Waals surface area contributed by atoms with E-state index in [1.54, 1.807) is 0 Å². The monoisotopic (exact) mass is 333 g/mol. The molecule has 0 aromatic heterocycles. The topological polar surface area (TPSA) is 54.0 Å². The minimum absolute atomic E-state index is 0.129. The van der Waals surface area contributed by atoms with Gasteiger partial charge in [0.05, 0.1) is 6.67 Å². The highest BCUT2D eigenvalue weighted by Crippen LogP contribution is 2.32. The number of likely N-dealkylation sites (tertiary alicyclic amines) is 1. The average Bonchev–Trinajstić information content (AvgIpc) is 2.98. The third-order valence-electron chi connectivity index (χ3n) is 4.85. The molecule has 1 aromatic rings. The van der Waals surface area contributed by atoms with Crippen molar-refractivity contribution in [3.05, 3.63) is 23.8 Å². The molecule has 24 heavy (non-hydrogen) atoms. The van der Waals surface area contributed by atoms with Crippen LogP contribution in [0, 0.1) is 0 Å². The molecule has 3 rings (SSSR count). The van der Waals surface area contributed by atoms with Gasteiger partial charge in [0.1, 0.15) is 0 Å². The predicted molar refractivity (Wildman–Crippen MR) is 92.2 cm³/mol. The van der Waals surface area contributed by atoms with Gasteiger partial charge in [-0.05, 0) is 57.6 Å². The molecule has 1 aromatic carbocycles. The smallest absolute Gasteiger partial charge is 0.231 e. The summed E-state index contributed by atoms with van der Waals surface area (Å²) < 4.78 is 10.8. The number of fused-ring (bicyclic) bond motifs is 1. The van der Waals surface area contributed by atoms with Crippen molar-refractivity contribution in [2.75, 3.05) is 40.1 Å². The maximum Gasteiger partial charge on any atom is 0.231 e. The number of ether oxygens (including phenoxy) is 2. The zero-order chi connectivity index (χ0) is 16.9. The summed E-state index contributed by atoms with van der Waals surface area (Å²) in [6.45, 7) is 6.20. The molecule has 0 bridgehead atoms. The van der Waals surface area contributed by atoms with E-state index < -0.39 is 0 Å². The first-order valence-electron chi connectivity index (χ1n) is 8.69. The highest BCUT2D eigenvalue weighted by molar-refractivity contribution is 5.75. The Hall–Kier alpha value is -1.79. The second-order valence-electron chi connectivity index (χ2n) is 6.70. The van der Waals surface area contributed by atoms with Gasteiger partial charge < -0.3 is 19.7 Å². The molecule has 1 atom stereocenters. The van der Waals surface area contributed by atoms with Gasteiger partial charge in [-0.15, -0.1) is 0 Å². The van der Waals surface area contributed by atoms with E-state index >= 15 is 0 Å². The lowest BCUT2D eigenvalue weighted by atomic mass is 10.1. The van der Waals surface area contributed by atoms with Crippen LogP contribution in [0.25, 0.3) is 0 Å². The van der Waals surface area contributed by atoms with Crippen molar-refractivity contribution >= 4 is 5.91 Å². The van der Waals surface area contributed by atoms with Crippen molar-refractivity contribution in [1.82, 2.24) is 15.1 Å². The van der Waals surface area contributed by atoms with Crippen LogP contribution in [0.1, 0.15) is 25.3 Å². The SMILES string of the molecule is CC(Cc1ccc2c(c1)OCO2)N(C)CNC(=O)CCN1CCC1. The number of benzene rings is 1. The summed E-state index contributed by atoms with van der Waals surface area (Å²) in [5, 5.41) is 3.01. The molecular weight excluding hydrogens is 306 g/mol. The minimum atomic E-state index is 0.129. The maximum absolute atomic E-state index is 11.9. The summed E-state index contributed by atoms with van der Waals surface area (Å²) in [7, 11) is 2.04. The lowest BCUT2D eigenvalue weighted by Gasteiger charge is -2.30. The molecule has 1 fully saturated rings. The van der Waals surface area contributed by atoms with Crippen molar-refractivity contribution in [3.63, 3.8) is 0 Å². The average molecular weight is 333 g/mol. The van der Waals surface area contributed by atoms with Crippen LogP contribution in [-0.2, 0) is 11.2 Å². The quantitative estimate of drug-likeness (QED) is 0.730. The number of nitrogens with one attached hydrogen (secondary N) is 1. The highest BCUT2D eigenvalue weighted by Gasteiger charge is 2.17. The van der Waals surface area contributed by atoms with Gasteiger partial charge >= 0.3 is 0 Å². The van der Waals surface area contributed by atoms with E-state index in [0.717, 1.165) is 37.6 Å². The van der Waals surface area contributed by atoms with E-state index in [1.807, 2.05) is 19.2 Å². The van der Waals surface area contributed by atoms with Gasteiger partial charge in [-0.2, -0.15) is 0 Å². The van der Waals surface area contributed by atoms with Crippen LogP contribution in [0.15, 0.2) is 18.2 Å². The number of amides is 1. The Labute approximate surface area is 143 Å². The minimum Gasteiger partial charge on any atom is -0.454 e. The molecule has 2 aliphatic rings. The molecule has 6 heteroatoms. The van der Waals surface area contributed by atoms with Crippen molar-refractivity contribution in [3.8, 4) is 11.5 Å². The largest absolute Gasteiger partial charge is 0.454 e. The summed E-state index contributed by atoms with van der Waals surface area (Å²) >= 11 is 0. The molecule has 1 amide bonds. The van der Waals surface area contributed by atoms with Gasteiger partial charge in [0, 0.05) is 19.0 Å². The van der Waals surface area contributed by atoms with Gasteiger partial charge in [0.25, 0.3) is 0 Å². The molecule has 6 nitrogen and oxygen atoms in total. The fraction of sp³-hybridized carbons (Fsp3) is 0.611. The lowest BCUT2D eigenvalue weighted by molar-refractivity contribution is -0.122. The van der Waals surface area contributed by atoms with E-state index in [9.17, 15) is 4.79 Å². The van der Waals surface area contributed by atoms with Gasteiger partial charge in [0.15, 0.2) is 11.5 Å². The first-order chi connectivity index (χ1) is 11.6. The van der Waals surface area contributed by atoms with E-state index in [4.69, 9.17) is 9.47 Å². The summed E-state index contributed by atoms with van der Waals surface area (Å²) in [5.41, 5.74) is 1.21. The second kappa shape index (κ2) is 7.85. The summed E-state index contributed by atoms with van der Waals surface area (Å²) in [5.74, 6) is 1.76. The fourth-order valence-corrected chi connectivity index (χ4v) is 2.89. The number of carbonyl (C=O) groups excluding carboxylic acids is 1. The Balaban J connectivity index is 1.39. The van der Waals surface area contributed by atoms with Crippen LogP contribution >= 0.6 is 0 Å². The number of hydrogen-bond acceptors (Lipinski definition) is 5. The Morgan fingerprint density at radius 2 is 2.12 bits per heavy atom. The van der Waals surface area contributed by atoms with Gasteiger partial charge in [-0.3, -0.25) is 9.69 Å².